The van der Waals surface area contributed by atoms with E-state index in [9.17, 15) is 9.18 Å². The summed E-state index contributed by atoms with van der Waals surface area (Å²) in [5, 5.41) is 3.14. The zero-order valence-corrected chi connectivity index (χ0v) is 14.7. The molecule has 0 aromatic heterocycles. The number of benzene rings is 1. The highest BCUT2D eigenvalue weighted by atomic mass is 19.1. The minimum Gasteiger partial charge on any atom is -0.353 e. The van der Waals surface area contributed by atoms with Crippen LogP contribution in [0.4, 0.5) is 4.39 Å². The van der Waals surface area contributed by atoms with E-state index in [2.05, 4.69) is 31.0 Å². The van der Waals surface area contributed by atoms with Crippen molar-refractivity contribution in [2.75, 3.05) is 13.1 Å². The van der Waals surface area contributed by atoms with Gasteiger partial charge in [-0.15, -0.1) is 0 Å². The Labute approximate surface area is 139 Å². The highest BCUT2D eigenvalue weighted by Gasteiger charge is 2.28. The van der Waals surface area contributed by atoms with E-state index < -0.39 is 0 Å². The number of hydrogen-bond acceptors (Lipinski definition) is 2. The zero-order chi connectivity index (χ0) is 17.0. The first-order valence-corrected chi connectivity index (χ1v) is 8.56. The maximum atomic E-state index is 13.7. The molecule has 1 saturated heterocycles. The van der Waals surface area contributed by atoms with Crippen molar-refractivity contribution in [1.82, 2.24) is 10.2 Å². The summed E-state index contributed by atoms with van der Waals surface area (Å²) < 4.78 is 13.7. The molecule has 1 atom stereocenters. The molecule has 23 heavy (non-hydrogen) atoms. The van der Waals surface area contributed by atoms with Crippen LogP contribution >= 0.6 is 0 Å². The van der Waals surface area contributed by atoms with Gasteiger partial charge < -0.3 is 5.32 Å². The largest absolute Gasteiger partial charge is 0.353 e. The minimum atomic E-state index is -0.231. The molecule has 128 valence electrons. The second-order valence-corrected chi connectivity index (χ2v) is 7.64. The van der Waals surface area contributed by atoms with Gasteiger partial charge in [0.2, 0.25) is 5.91 Å². The van der Waals surface area contributed by atoms with Crippen molar-refractivity contribution in [3.8, 4) is 0 Å². The average Bonchev–Trinajstić information content (AvgIpc) is 2.49. The Hall–Kier alpha value is -1.42. The Morgan fingerprint density at radius 1 is 1.30 bits per heavy atom. The van der Waals surface area contributed by atoms with Crippen LogP contribution in [0, 0.1) is 11.7 Å². The van der Waals surface area contributed by atoms with E-state index in [1.165, 1.54) is 6.07 Å². The summed E-state index contributed by atoms with van der Waals surface area (Å²) in [6.45, 7) is 10.6. The van der Waals surface area contributed by atoms with Crippen LogP contribution in [0.5, 0.6) is 0 Å². The molecule has 1 aliphatic rings. The molecule has 2 rings (SSSR count). The number of piperidine rings is 1. The number of amides is 1. The number of nitrogens with one attached hydrogen (secondary N) is 1. The molecule has 1 fully saturated rings. The van der Waals surface area contributed by atoms with Gasteiger partial charge in [0.15, 0.2) is 0 Å². The number of halogens is 1. The third kappa shape index (κ3) is 5.03. The number of nitrogens with zero attached hydrogens (tertiary/aromatic N) is 1. The Morgan fingerprint density at radius 2 is 1.91 bits per heavy atom. The van der Waals surface area contributed by atoms with Gasteiger partial charge in [0.1, 0.15) is 5.82 Å². The Balaban J connectivity index is 1.82. The van der Waals surface area contributed by atoms with Gasteiger partial charge >= 0.3 is 0 Å². The fourth-order valence-electron chi connectivity index (χ4n) is 3.12. The SMILES string of the molecule is CC(Cc1ccccc1F)C(=O)NC1CCN(C(C)(C)C)CC1. The van der Waals surface area contributed by atoms with Gasteiger partial charge in [-0.25, -0.2) is 4.39 Å². The normalized spacial score (nSPS) is 18.7. The molecule has 1 N–H and O–H groups in total. The minimum absolute atomic E-state index is 0.0301. The quantitative estimate of drug-likeness (QED) is 0.922. The van der Waals surface area contributed by atoms with Crippen LogP contribution in [0.15, 0.2) is 24.3 Å². The topological polar surface area (TPSA) is 32.3 Å². The summed E-state index contributed by atoms with van der Waals surface area (Å²) in [5.41, 5.74) is 0.797. The Kier molecular flexibility index (Phi) is 5.79. The van der Waals surface area contributed by atoms with E-state index in [1.807, 2.05) is 13.0 Å². The van der Waals surface area contributed by atoms with Gasteiger partial charge in [-0.2, -0.15) is 0 Å². The molecule has 0 bridgehead atoms. The van der Waals surface area contributed by atoms with Crippen LogP contribution in [-0.2, 0) is 11.2 Å². The molecule has 1 aromatic carbocycles. The highest BCUT2D eigenvalue weighted by molar-refractivity contribution is 5.78. The predicted molar refractivity (Wildman–Crippen MR) is 91.8 cm³/mol. The molecule has 0 saturated carbocycles. The lowest BCUT2D eigenvalue weighted by molar-refractivity contribution is -0.125. The third-order valence-corrected chi connectivity index (χ3v) is 4.72. The van der Waals surface area contributed by atoms with Crippen molar-refractivity contribution in [2.45, 2.75) is 58.5 Å². The van der Waals surface area contributed by atoms with Gasteiger partial charge in [-0.3, -0.25) is 9.69 Å². The first-order valence-electron chi connectivity index (χ1n) is 8.56. The predicted octanol–water partition coefficient (Wildman–Crippen LogP) is 3.38. The molecule has 0 spiro atoms. The smallest absolute Gasteiger partial charge is 0.223 e. The highest BCUT2D eigenvalue weighted by Crippen LogP contribution is 2.20. The first kappa shape index (κ1) is 17.9. The third-order valence-electron chi connectivity index (χ3n) is 4.72. The van der Waals surface area contributed by atoms with Crippen molar-refractivity contribution < 1.29 is 9.18 Å². The lowest BCUT2D eigenvalue weighted by atomic mass is 9.96. The summed E-state index contributed by atoms with van der Waals surface area (Å²) in [6.07, 6.45) is 2.41. The van der Waals surface area contributed by atoms with E-state index in [0.717, 1.165) is 25.9 Å². The molecular formula is C19H29FN2O. The van der Waals surface area contributed by atoms with Crippen LogP contribution in [0.1, 0.15) is 46.1 Å². The lowest BCUT2D eigenvalue weighted by Crippen LogP contribution is -2.51. The van der Waals surface area contributed by atoms with Crippen LogP contribution in [0.3, 0.4) is 0 Å². The van der Waals surface area contributed by atoms with Crippen LogP contribution in [0.25, 0.3) is 0 Å². The second kappa shape index (κ2) is 7.43. The van der Waals surface area contributed by atoms with E-state index in [0.29, 0.717) is 12.0 Å². The molecule has 4 heteroatoms. The average molecular weight is 320 g/mol. The number of rotatable bonds is 4. The van der Waals surface area contributed by atoms with E-state index in [1.54, 1.807) is 12.1 Å². The maximum absolute atomic E-state index is 13.7. The summed E-state index contributed by atoms with van der Waals surface area (Å²) in [4.78, 5) is 14.8. The fourth-order valence-corrected chi connectivity index (χ4v) is 3.12. The first-order chi connectivity index (χ1) is 10.8. The molecule has 1 unspecified atom stereocenters. The Bertz CT molecular complexity index is 530. The van der Waals surface area contributed by atoms with Crippen LogP contribution in [-0.4, -0.2) is 35.5 Å². The molecule has 1 aliphatic heterocycles. The van der Waals surface area contributed by atoms with E-state index >= 15 is 0 Å². The Morgan fingerprint density at radius 3 is 2.48 bits per heavy atom. The summed E-state index contributed by atoms with van der Waals surface area (Å²) in [7, 11) is 0. The molecule has 0 aliphatic carbocycles. The maximum Gasteiger partial charge on any atom is 0.223 e. The van der Waals surface area contributed by atoms with Crippen molar-refractivity contribution in [3.05, 3.63) is 35.6 Å². The van der Waals surface area contributed by atoms with Gasteiger partial charge in [0.25, 0.3) is 0 Å². The zero-order valence-electron chi connectivity index (χ0n) is 14.7. The number of hydrogen-bond donors (Lipinski definition) is 1. The van der Waals surface area contributed by atoms with Crippen molar-refractivity contribution in [1.29, 1.82) is 0 Å². The molecule has 1 heterocycles. The molecule has 3 nitrogen and oxygen atoms in total. The second-order valence-electron chi connectivity index (χ2n) is 7.64. The van der Waals surface area contributed by atoms with Crippen molar-refractivity contribution in [2.24, 2.45) is 5.92 Å². The summed E-state index contributed by atoms with van der Waals surface area (Å²) in [6, 6.07) is 6.92. The lowest BCUT2D eigenvalue weighted by Gasteiger charge is -2.41. The monoisotopic (exact) mass is 320 g/mol. The van der Waals surface area contributed by atoms with Crippen LogP contribution in [0.2, 0.25) is 0 Å². The van der Waals surface area contributed by atoms with Gasteiger partial charge in [-0.1, -0.05) is 25.1 Å². The summed E-state index contributed by atoms with van der Waals surface area (Å²) in [5.74, 6) is -0.416. The number of likely N-dealkylation sites (tertiary alicyclic amines) is 1. The molecular weight excluding hydrogens is 291 g/mol. The summed E-state index contributed by atoms with van der Waals surface area (Å²) >= 11 is 0. The van der Waals surface area contributed by atoms with Crippen molar-refractivity contribution >= 4 is 5.91 Å². The van der Waals surface area contributed by atoms with E-state index in [-0.39, 0.29) is 29.2 Å². The van der Waals surface area contributed by atoms with Crippen molar-refractivity contribution in [3.63, 3.8) is 0 Å². The van der Waals surface area contributed by atoms with Crippen LogP contribution < -0.4 is 5.32 Å². The molecule has 0 radical (unpaired) electrons. The standard InChI is InChI=1S/C19H29FN2O/c1-14(13-15-7-5-6-8-17(15)20)18(23)21-16-9-11-22(12-10-16)19(2,3)4/h5-8,14,16H,9-13H2,1-4H3,(H,21,23). The molecule has 1 amide bonds. The molecule has 1 aromatic rings. The van der Waals surface area contributed by atoms with Gasteiger partial charge in [0, 0.05) is 30.6 Å². The van der Waals surface area contributed by atoms with E-state index in [4.69, 9.17) is 0 Å². The number of carbonyl (C=O) groups excluding carboxylic acids is 1. The fraction of sp³-hybridized carbons (Fsp3) is 0.632. The van der Waals surface area contributed by atoms with Gasteiger partial charge in [0.05, 0.1) is 0 Å². The number of carbonyl (C=O) groups is 1. The van der Waals surface area contributed by atoms with Gasteiger partial charge in [-0.05, 0) is 51.7 Å².